The highest BCUT2D eigenvalue weighted by Crippen LogP contribution is 2.24. The Morgan fingerprint density at radius 3 is 2.52 bits per heavy atom. The zero-order valence-electron chi connectivity index (χ0n) is 14.0. The third-order valence-corrected chi connectivity index (χ3v) is 3.44. The standard InChI is InChI=1S/C16H19N5O4/c1-3-6-12-15(21(24)25)14(20-19-12)16(23)18-11-8-5-7-10(9-11)17-13(22)4-2/h5,7-9H,3-4,6H2,1-2H3,(H,17,22)(H,18,23)(H,19,20). The van der Waals surface area contributed by atoms with E-state index >= 15 is 0 Å². The summed E-state index contributed by atoms with van der Waals surface area (Å²) < 4.78 is 0. The molecule has 3 N–H and O–H groups in total. The Kier molecular flexibility index (Phi) is 5.83. The smallest absolute Gasteiger partial charge is 0.322 e. The van der Waals surface area contributed by atoms with Crippen molar-refractivity contribution in [1.82, 2.24) is 10.2 Å². The molecule has 0 atom stereocenters. The van der Waals surface area contributed by atoms with Crippen LogP contribution >= 0.6 is 0 Å². The van der Waals surface area contributed by atoms with Crippen molar-refractivity contribution in [2.24, 2.45) is 0 Å². The summed E-state index contributed by atoms with van der Waals surface area (Å²) in [6.07, 6.45) is 1.44. The average molecular weight is 345 g/mol. The van der Waals surface area contributed by atoms with Gasteiger partial charge in [-0.1, -0.05) is 26.3 Å². The lowest BCUT2D eigenvalue weighted by Crippen LogP contribution is -2.15. The van der Waals surface area contributed by atoms with E-state index in [9.17, 15) is 19.7 Å². The van der Waals surface area contributed by atoms with Gasteiger partial charge in [0.25, 0.3) is 5.91 Å². The van der Waals surface area contributed by atoms with E-state index in [-0.39, 0.29) is 17.3 Å². The topological polar surface area (TPSA) is 130 Å². The first-order valence-electron chi connectivity index (χ1n) is 7.89. The fraction of sp³-hybridized carbons (Fsp3) is 0.312. The summed E-state index contributed by atoms with van der Waals surface area (Å²) in [4.78, 5) is 34.4. The number of nitrogens with zero attached hydrogens (tertiary/aromatic N) is 2. The van der Waals surface area contributed by atoms with Gasteiger partial charge in [-0.2, -0.15) is 5.10 Å². The van der Waals surface area contributed by atoms with Gasteiger partial charge < -0.3 is 10.6 Å². The molecule has 2 rings (SSSR count). The molecule has 1 heterocycles. The zero-order valence-corrected chi connectivity index (χ0v) is 14.0. The van der Waals surface area contributed by atoms with Gasteiger partial charge in [-0.25, -0.2) is 0 Å². The van der Waals surface area contributed by atoms with Gasteiger partial charge in [-0.15, -0.1) is 0 Å². The van der Waals surface area contributed by atoms with Crippen LogP contribution in [-0.4, -0.2) is 26.9 Å². The molecular weight excluding hydrogens is 326 g/mol. The lowest BCUT2D eigenvalue weighted by Gasteiger charge is -2.07. The summed E-state index contributed by atoms with van der Waals surface area (Å²) in [7, 11) is 0. The van der Waals surface area contributed by atoms with Gasteiger partial charge in [0.1, 0.15) is 5.69 Å². The highest BCUT2D eigenvalue weighted by atomic mass is 16.6. The lowest BCUT2D eigenvalue weighted by molar-refractivity contribution is -0.385. The molecule has 1 aromatic carbocycles. The molecule has 0 saturated carbocycles. The SMILES string of the molecule is CCCc1[nH]nc(C(=O)Nc2cccc(NC(=O)CC)c2)c1[N+](=O)[O-]. The largest absolute Gasteiger partial charge is 0.326 e. The van der Waals surface area contributed by atoms with E-state index in [1.165, 1.54) is 0 Å². The van der Waals surface area contributed by atoms with E-state index in [1.807, 2.05) is 6.92 Å². The van der Waals surface area contributed by atoms with Crippen molar-refractivity contribution in [1.29, 1.82) is 0 Å². The molecule has 132 valence electrons. The highest BCUT2D eigenvalue weighted by molar-refractivity contribution is 6.06. The number of carbonyl (C=O) groups excluding carboxylic acids is 2. The van der Waals surface area contributed by atoms with E-state index in [2.05, 4.69) is 20.8 Å². The first kappa shape index (κ1) is 18.1. The van der Waals surface area contributed by atoms with Crippen molar-refractivity contribution in [2.75, 3.05) is 10.6 Å². The predicted molar refractivity (Wildman–Crippen MR) is 92.6 cm³/mol. The highest BCUT2D eigenvalue weighted by Gasteiger charge is 2.28. The Hall–Kier alpha value is -3.23. The van der Waals surface area contributed by atoms with Crippen LogP contribution in [0.1, 0.15) is 42.9 Å². The van der Waals surface area contributed by atoms with Crippen molar-refractivity contribution in [2.45, 2.75) is 33.1 Å². The van der Waals surface area contributed by atoms with Crippen LogP contribution in [0.2, 0.25) is 0 Å². The molecule has 0 spiro atoms. The molecule has 0 aliphatic heterocycles. The maximum atomic E-state index is 12.4. The van der Waals surface area contributed by atoms with Gasteiger partial charge in [0.15, 0.2) is 0 Å². The van der Waals surface area contributed by atoms with Gasteiger partial charge in [0, 0.05) is 17.8 Å². The minimum absolute atomic E-state index is 0.157. The molecule has 1 aromatic heterocycles. The average Bonchev–Trinajstić information content (AvgIpc) is 2.99. The maximum Gasteiger partial charge on any atom is 0.322 e. The summed E-state index contributed by atoms with van der Waals surface area (Å²) in [6.45, 7) is 3.60. The molecule has 2 amide bonds. The van der Waals surface area contributed by atoms with E-state index in [0.717, 1.165) is 0 Å². The van der Waals surface area contributed by atoms with Gasteiger partial charge in [0.2, 0.25) is 11.6 Å². The van der Waals surface area contributed by atoms with Crippen LogP contribution in [0.15, 0.2) is 24.3 Å². The van der Waals surface area contributed by atoms with Crippen molar-refractivity contribution in [3.8, 4) is 0 Å². The number of carbonyl (C=O) groups is 2. The number of aryl methyl sites for hydroxylation is 1. The molecule has 0 fully saturated rings. The first-order valence-corrected chi connectivity index (χ1v) is 7.89. The number of benzene rings is 1. The Labute approximate surface area is 144 Å². The van der Waals surface area contributed by atoms with Crippen LogP contribution in [0.3, 0.4) is 0 Å². The number of nitro groups is 1. The number of rotatable bonds is 7. The van der Waals surface area contributed by atoms with Crippen LogP contribution in [0.5, 0.6) is 0 Å². The minimum atomic E-state index is -0.690. The summed E-state index contributed by atoms with van der Waals surface area (Å²) in [5.74, 6) is -0.847. The third kappa shape index (κ3) is 4.40. The van der Waals surface area contributed by atoms with E-state index < -0.39 is 10.8 Å². The van der Waals surface area contributed by atoms with Crippen LogP contribution in [0.4, 0.5) is 17.1 Å². The second-order valence-electron chi connectivity index (χ2n) is 5.34. The fourth-order valence-electron chi connectivity index (χ4n) is 2.27. The number of aromatic nitrogens is 2. The predicted octanol–water partition coefficient (Wildman–Crippen LogP) is 2.87. The number of hydrogen-bond donors (Lipinski definition) is 3. The molecule has 0 unspecified atom stereocenters. The van der Waals surface area contributed by atoms with E-state index in [4.69, 9.17) is 0 Å². The minimum Gasteiger partial charge on any atom is -0.326 e. The number of H-pyrrole nitrogens is 1. The number of anilines is 2. The molecular formula is C16H19N5O4. The van der Waals surface area contributed by atoms with Crippen LogP contribution in [-0.2, 0) is 11.2 Å². The van der Waals surface area contributed by atoms with Crippen LogP contribution < -0.4 is 10.6 Å². The monoisotopic (exact) mass is 345 g/mol. The number of amides is 2. The second-order valence-corrected chi connectivity index (χ2v) is 5.34. The molecule has 0 bridgehead atoms. The molecule has 0 aliphatic carbocycles. The van der Waals surface area contributed by atoms with E-state index in [1.54, 1.807) is 31.2 Å². The molecule has 9 nitrogen and oxygen atoms in total. The van der Waals surface area contributed by atoms with Crippen LogP contribution in [0, 0.1) is 10.1 Å². The molecule has 0 saturated heterocycles. The Bertz CT molecular complexity index is 800. The van der Waals surface area contributed by atoms with Crippen molar-refractivity contribution < 1.29 is 14.5 Å². The van der Waals surface area contributed by atoms with Crippen LogP contribution in [0.25, 0.3) is 0 Å². The van der Waals surface area contributed by atoms with Gasteiger partial charge in [0.05, 0.1) is 4.92 Å². The number of hydrogen-bond acceptors (Lipinski definition) is 5. The van der Waals surface area contributed by atoms with Crippen molar-refractivity contribution in [3.63, 3.8) is 0 Å². The zero-order chi connectivity index (χ0) is 18.4. The van der Waals surface area contributed by atoms with Gasteiger partial charge in [-0.05, 0) is 24.6 Å². The maximum absolute atomic E-state index is 12.4. The second kappa shape index (κ2) is 8.04. The normalized spacial score (nSPS) is 10.3. The summed E-state index contributed by atoms with van der Waals surface area (Å²) in [5, 5.41) is 22.8. The Morgan fingerprint density at radius 1 is 1.24 bits per heavy atom. The molecule has 0 aliphatic rings. The quantitative estimate of drug-likeness (QED) is 0.524. The van der Waals surface area contributed by atoms with E-state index in [0.29, 0.717) is 36.3 Å². The molecule has 2 aromatic rings. The summed E-state index contributed by atoms with van der Waals surface area (Å²) >= 11 is 0. The van der Waals surface area contributed by atoms with Gasteiger partial charge >= 0.3 is 5.69 Å². The molecule has 9 heteroatoms. The molecule has 0 radical (unpaired) electrons. The third-order valence-electron chi connectivity index (χ3n) is 3.44. The Balaban J connectivity index is 2.21. The number of nitrogens with one attached hydrogen (secondary N) is 3. The molecule has 25 heavy (non-hydrogen) atoms. The van der Waals surface area contributed by atoms with Crippen molar-refractivity contribution >= 4 is 28.9 Å². The summed E-state index contributed by atoms with van der Waals surface area (Å²) in [6, 6.07) is 6.52. The number of aromatic amines is 1. The van der Waals surface area contributed by atoms with Gasteiger partial charge in [-0.3, -0.25) is 24.8 Å². The fourth-order valence-corrected chi connectivity index (χ4v) is 2.27. The van der Waals surface area contributed by atoms with Crippen molar-refractivity contribution in [3.05, 3.63) is 45.8 Å². The first-order chi connectivity index (χ1) is 12.0. The lowest BCUT2D eigenvalue weighted by atomic mass is 10.2. The summed E-state index contributed by atoms with van der Waals surface area (Å²) in [5.41, 5.74) is 0.661. The Morgan fingerprint density at radius 2 is 1.92 bits per heavy atom.